The van der Waals surface area contributed by atoms with Crippen LogP contribution in [0.15, 0.2) is 21.3 Å². The summed E-state index contributed by atoms with van der Waals surface area (Å²) >= 11 is 1.29. The number of anilines is 1. The Balaban J connectivity index is 2.40. The van der Waals surface area contributed by atoms with Gasteiger partial charge < -0.3 is 5.43 Å². The number of hydrogen-bond donors (Lipinski definition) is 3. The minimum Gasteiger partial charge on any atom is -0.308 e. The molecule has 8 nitrogen and oxygen atoms in total. The lowest BCUT2D eigenvalue weighted by Crippen LogP contribution is -2.13. The third-order valence-electron chi connectivity index (χ3n) is 2.42. The van der Waals surface area contributed by atoms with Crippen molar-refractivity contribution in [2.45, 2.75) is 23.5 Å². The lowest BCUT2D eigenvalue weighted by Gasteiger charge is -2.09. The summed E-state index contributed by atoms with van der Waals surface area (Å²) in [7, 11) is 1.64. The first-order valence-corrected chi connectivity index (χ1v) is 6.08. The maximum absolute atomic E-state index is 11.3. The molecule has 2 heterocycles. The molecule has 0 saturated carbocycles. The smallest absolute Gasteiger partial charge is 0.308 e. The maximum Gasteiger partial charge on any atom is 0.343 e. The molecule has 2 aromatic rings. The lowest BCUT2D eigenvalue weighted by molar-refractivity contribution is 0.763. The van der Waals surface area contributed by atoms with Crippen LogP contribution in [0.1, 0.15) is 12.5 Å². The zero-order valence-electron chi connectivity index (χ0n) is 9.97. The van der Waals surface area contributed by atoms with Gasteiger partial charge in [-0.25, -0.2) is 25.7 Å². The van der Waals surface area contributed by atoms with Crippen molar-refractivity contribution < 1.29 is 0 Å². The Morgan fingerprint density at radius 3 is 2.89 bits per heavy atom. The number of nitrogens with zero attached hydrogens (tertiary/aromatic N) is 4. The van der Waals surface area contributed by atoms with Gasteiger partial charge in [0.25, 0.3) is 0 Å². The van der Waals surface area contributed by atoms with E-state index in [4.69, 9.17) is 5.84 Å². The molecule has 2 aromatic heterocycles. The molecule has 2 rings (SSSR count). The molecule has 18 heavy (non-hydrogen) atoms. The van der Waals surface area contributed by atoms with Crippen molar-refractivity contribution in [1.29, 1.82) is 0 Å². The van der Waals surface area contributed by atoms with Crippen LogP contribution in [0.4, 0.5) is 5.82 Å². The van der Waals surface area contributed by atoms with E-state index >= 15 is 0 Å². The highest BCUT2D eigenvalue weighted by Gasteiger charge is 2.13. The number of nitrogens with two attached hydrogens (primary N) is 1. The molecule has 0 fully saturated rings. The normalized spacial score (nSPS) is 10.6. The van der Waals surface area contributed by atoms with Gasteiger partial charge in [-0.3, -0.25) is 4.57 Å². The second kappa shape index (κ2) is 5.19. The van der Waals surface area contributed by atoms with E-state index in [9.17, 15) is 4.79 Å². The molecule has 0 unspecified atom stereocenters. The average Bonchev–Trinajstić information content (AvgIpc) is 2.70. The first-order chi connectivity index (χ1) is 8.67. The van der Waals surface area contributed by atoms with E-state index < -0.39 is 0 Å². The summed E-state index contributed by atoms with van der Waals surface area (Å²) in [6.45, 7) is 1.98. The molecule has 0 amide bonds. The first kappa shape index (κ1) is 12.6. The fraction of sp³-hybridized carbons (Fsp3) is 0.333. The van der Waals surface area contributed by atoms with Crippen LogP contribution >= 0.6 is 11.8 Å². The van der Waals surface area contributed by atoms with Crippen molar-refractivity contribution in [3.8, 4) is 0 Å². The van der Waals surface area contributed by atoms with E-state index in [1.54, 1.807) is 7.05 Å². The third-order valence-corrected chi connectivity index (χ3v) is 3.52. The van der Waals surface area contributed by atoms with Crippen LogP contribution in [0.25, 0.3) is 0 Å². The lowest BCUT2D eigenvalue weighted by atomic mass is 10.2. The highest BCUT2D eigenvalue weighted by Crippen LogP contribution is 2.28. The minimum atomic E-state index is -0.262. The van der Waals surface area contributed by atoms with Gasteiger partial charge in [0.05, 0.1) is 0 Å². The first-order valence-electron chi connectivity index (χ1n) is 5.27. The van der Waals surface area contributed by atoms with Crippen LogP contribution in [0, 0.1) is 0 Å². The number of aromatic nitrogens is 5. The van der Waals surface area contributed by atoms with E-state index in [2.05, 4.69) is 25.6 Å². The van der Waals surface area contributed by atoms with E-state index in [-0.39, 0.29) is 5.69 Å². The SMILES string of the molecule is CCc1c(NN)ncnc1Sc1n[nH]c(=O)n1C. The number of nitrogens with one attached hydrogen (secondary N) is 2. The van der Waals surface area contributed by atoms with Crippen LogP contribution in [0.2, 0.25) is 0 Å². The summed E-state index contributed by atoms with van der Waals surface area (Å²) in [4.78, 5) is 19.5. The molecule has 0 spiro atoms. The van der Waals surface area contributed by atoms with Gasteiger partial charge in [0, 0.05) is 12.6 Å². The van der Waals surface area contributed by atoms with Crippen LogP contribution in [-0.4, -0.2) is 24.7 Å². The molecule has 9 heteroatoms. The van der Waals surface area contributed by atoms with E-state index in [0.29, 0.717) is 11.0 Å². The Morgan fingerprint density at radius 1 is 1.56 bits per heavy atom. The predicted octanol–water partition coefficient (Wildman–Crippen LogP) is -0.102. The quantitative estimate of drug-likeness (QED) is 0.402. The number of aromatic amines is 1. The molecule has 96 valence electrons. The van der Waals surface area contributed by atoms with Crippen molar-refractivity contribution in [3.63, 3.8) is 0 Å². The van der Waals surface area contributed by atoms with E-state index in [1.165, 1.54) is 22.7 Å². The van der Waals surface area contributed by atoms with Crippen molar-refractivity contribution in [2.75, 3.05) is 5.43 Å². The van der Waals surface area contributed by atoms with Gasteiger partial charge in [-0.15, -0.1) is 5.10 Å². The number of hydrazine groups is 1. The van der Waals surface area contributed by atoms with Crippen molar-refractivity contribution >= 4 is 17.6 Å². The zero-order chi connectivity index (χ0) is 13.1. The molecule has 0 aromatic carbocycles. The van der Waals surface area contributed by atoms with Gasteiger partial charge in [-0.2, -0.15) is 0 Å². The second-order valence-corrected chi connectivity index (χ2v) is 4.43. The Kier molecular flexibility index (Phi) is 3.63. The van der Waals surface area contributed by atoms with Gasteiger partial charge in [0.1, 0.15) is 17.2 Å². The van der Waals surface area contributed by atoms with Crippen LogP contribution in [0.3, 0.4) is 0 Å². The van der Waals surface area contributed by atoms with Crippen LogP contribution in [0.5, 0.6) is 0 Å². The van der Waals surface area contributed by atoms with Gasteiger partial charge in [0.2, 0.25) is 0 Å². The third kappa shape index (κ3) is 2.22. The minimum absolute atomic E-state index is 0.262. The summed E-state index contributed by atoms with van der Waals surface area (Å²) in [6, 6.07) is 0. The van der Waals surface area contributed by atoms with Crippen molar-refractivity contribution in [2.24, 2.45) is 12.9 Å². The summed E-state index contributed by atoms with van der Waals surface area (Å²) in [5, 5.41) is 7.56. The molecule has 4 N–H and O–H groups in total. The van der Waals surface area contributed by atoms with Crippen LogP contribution in [-0.2, 0) is 13.5 Å². The molecular weight excluding hydrogens is 254 g/mol. The largest absolute Gasteiger partial charge is 0.343 e. The number of nitrogen functional groups attached to an aromatic ring is 1. The fourth-order valence-corrected chi connectivity index (χ4v) is 2.39. The van der Waals surface area contributed by atoms with Gasteiger partial charge in [-0.1, -0.05) is 6.92 Å². The fourth-order valence-electron chi connectivity index (χ4n) is 1.44. The van der Waals surface area contributed by atoms with Gasteiger partial charge in [-0.05, 0) is 18.2 Å². The van der Waals surface area contributed by atoms with E-state index in [0.717, 1.165) is 17.0 Å². The van der Waals surface area contributed by atoms with Gasteiger partial charge in [0.15, 0.2) is 5.16 Å². The maximum atomic E-state index is 11.3. The molecule has 0 aliphatic carbocycles. The molecule has 0 saturated heterocycles. The van der Waals surface area contributed by atoms with Gasteiger partial charge >= 0.3 is 5.69 Å². The average molecular weight is 267 g/mol. The molecule has 0 bridgehead atoms. The molecule has 0 aliphatic heterocycles. The Bertz CT molecular complexity index is 605. The standard InChI is InChI=1S/C9H13N7OS/c1-3-5-6(13-10)11-4-12-7(5)18-9-15-14-8(17)16(9)2/h4H,3,10H2,1-2H3,(H,14,17)(H,11,12,13). The highest BCUT2D eigenvalue weighted by atomic mass is 32.2. The molecule has 0 radical (unpaired) electrons. The number of H-pyrrole nitrogens is 1. The van der Waals surface area contributed by atoms with Crippen LogP contribution < -0.4 is 17.0 Å². The summed E-state index contributed by atoms with van der Waals surface area (Å²) in [6.07, 6.45) is 2.14. The Labute approximate surface area is 107 Å². The Morgan fingerprint density at radius 2 is 2.33 bits per heavy atom. The second-order valence-electron chi connectivity index (χ2n) is 3.48. The zero-order valence-corrected chi connectivity index (χ0v) is 10.8. The Hall–Kier alpha value is -1.87. The summed E-state index contributed by atoms with van der Waals surface area (Å²) in [5.74, 6) is 5.98. The molecule has 0 atom stereocenters. The summed E-state index contributed by atoms with van der Waals surface area (Å²) in [5.41, 5.74) is 3.16. The molecular formula is C9H13N7OS. The monoisotopic (exact) mass is 267 g/mol. The summed E-state index contributed by atoms with van der Waals surface area (Å²) < 4.78 is 1.42. The predicted molar refractivity (Wildman–Crippen MR) is 67.2 cm³/mol. The molecule has 0 aliphatic rings. The number of rotatable bonds is 4. The van der Waals surface area contributed by atoms with Crippen molar-refractivity contribution in [3.05, 3.63) is 22.4 Å². The topological polar surface area (TPSA) is 115 Å². The number of hydrogen-bond acceptors (Lipinski definition) is 7. The highest BCUT2D eigenvalue weighted by molar-refractivity contribution is 7.99. The van der Waals surface area contributed by atoms with E-state index in [1.807, 2.05) is 6.92 Å². The van der Waals surface area contributed by atoms with Crippen molar-refractivity contribution in [1.82, 2.24) is 24.7 Å².